The number of hydrogen-bond donors (Lipinski definition) is 2. The topological polar surface area (TPSA) is 82.0 Å². The van der Waals surface area contributed by atoms with Crippen LogP contribution in [0.25, 0.3) is 0 Å². The van der Waals surface area contributed by atoms with E-state index in [1.165, 1.54) is 0 Å². The number of nitriles is 1. The highest BCUT2D eigenvalue weighted by Gasteiger charge is 2.06. The molecular weight excluding hydrogens is 302 g/mol. The highest BCUT2D eigenvalue weighted by atomic mass is 16.2. The predicted octanol–water partition coefficient (Wildman–Crippen LogP) is 2.71. The van der Waals surface area contributed by atoms with Crippen molar-refractivity contribution in [2.45, 2.75) is 26.3 Å². The van der Waals surface area contributed by atoms with Crippen LogP contribution in [0.5, 0.6) is 0 Å². The number of amides is 2. The summed E-state index contributed by atoms with van der Waals surface area (Å²) in [6, 6.07) is 16.8. The van der Waals surface area contributed by atoms with Crippen LogP contribution in [0.15, 0.2) is 48.5 Å². The van der Waals surface area contributed by atoms with Crippen molar-refractivity contribution in [2.75, 3.05) is 5.32 Å². The minimum absolute atomic E-state index is 0.0700. The minimum Gasteiger partial charge on any atom is -0.351 e. The van der Waals surface area contributed by atoms with Crippen molar-refractivity contribution in [3.8, 4) is 6.07 Å². The van der Waals surface area contributed by atoms with E-state index < -0.39 is 0 Å². The fourth-order valence-corrected chi connectivity index (χ4v) is 2.23. The third kappa shape index (κ3) is 5.25. The number of aryl methyl sites for hydroxylation is 1. The molecule has 5 nitrogen and oxygen atoms in total. The van der Waals surface area contributed by atoms with Gasteiger partial charge < -0.3 is 10.6 Å². The second-order valence-electron chi connectivity index (χ2n) is 5.46. The molecular formula is C19H19N3O2. The second-order valence-corrected chi connectivity index (χ2v) is 5.46. The first-order valence-electron chi connectivity index (χ1n) is 7.65. The van der Waals surface area contributed by atoms with Crippen LogP contribution < -0.4 is 10.6 Å². The van der Waals surface area contributed by atoms with Gasteiger partial charge in [-0.2, -0.15) is 5.26 Å². The van der Waals surface area contributed by atoms with Gasteiger partial charge in [-0.1, -0.05) is 36.4 Å². The molecule has 122 valence electrons. The fourth-order valence-electron chi connectivity index (χ4n) is 2.23. The Hall–Kier alpha value is -3.13. The summed E-state index contributed by atoms with van der Waals surface area (Å²) in [5, 5.41) is 13.9. The maximum Gasteiger partial charge on any atom is 0.234 e. The van der Waals surface area contributed by atoms with Crippen LogP contribution in [-0.2, 0) is 22.6 Å². The molecule has 0 aliphatic heterocycles. The van der Waals surface area contributed by atoms with Gasteiger partial charge in [-0.05, 0) is 35.7 Å². The lowest BCUT2D eigenvalue weighted by molar-refractivity contribution is -0.120. The summed E-state index contributed by atoms with van der Waals surface area (Å²) >= 11 is 0. The van der Waals surface area contributed by atoms with E-state index in [0.717, 1.165) is 16.7 Å². The number of rotatable bonds is 6. The van der Waals surface area contributed by atoms with Crippen molar-refractivity contribution in [3.05, 3.63) is 65.2 Å². The van der Waals surface area contributed by atoms with Crippen molar-refractivity contribution in [3.63, 3.8) is 0 Å². The number of anilines is 1. The van der Waals surface area contributed by atoms with Crippen molar-refractivity contribution in [1.82, 2.24) is 5.32 Å². The number of nitrogens with one attached hydrogen (secondary N) is 2. The van der Waals surface area contributed by atoms with Gasteiger partial charge in [0.25, 0.3) is 0 Å². The van der Waals surface area contributed by atoms with Crippen LogP contribution in [0.4, 0.5) is 5.69 Å². The van der Waals surface area contributed by atoms with Crippen LogP contribution in [-0.4, -0.2) is 11.8 Å². The first-order valence-corrected chi connectivity index (χ1v) is 7.65. The summed E-state index contributed by atoms with van der Waals surface area (Å²) in [5.74, 6) is -0.368. The van der Waals surface area contributed by atoms with E-state index in [1.54, 1.807) is 18.2 Å². The molecule has 2 aromatic rings. The molecule has 0 atom stereocenters. The Bertz CT molecular complexity index is 761. The molecule has 0 fully saturated rings. The monoisotopic (exact) mass is 321 g/mol. The van der Waals surface area contributed by atoms with Gasteiger partial charge in [0.05, 0.1) is 12.5 Å². The highest BCUT2D eigenvalue weighted by molar-refractivity contribution is 5.92. The van der Waals surface area contributed by atoms with Crippen LogP contribution in [0.3, 0.4) is 0 Å². The van der Waals surface area contributed by atoms with E-state index in [4.69, 9.17) is 5.26 Å². The Morgan fingerprint density at radius 2 is 1.75 bits per heavy atom. The molecule has 2 amide bonds. The predicted molar refractivity (Wildman–Crippen MR) is 92.0 cm³/mol. The Morgan fingerprint density at radius 3 is 2.42 bits per heavy atom. The summed E-state index contributed by atoms with van der Waals surface area (Å²) < 4.78 is 0. The summed E-state index contributed by atoms with van der Waals surface area (Å²) in [6.07, 6.45) is 0.186. The van der Waals surface area contributed by atoms with Crippen molar-refractivity contribution < 1.29 is 9.59 Å². The van der Waals surface area contributed by atoms with Crippen molar-refractivity contribution >= 4 is 17.5 Å². The van der Waals surface area contributed by atoms with Gasteiger partial charge in [0.1, 0.15) is 6.42 Å². The summed E-state index contributed by atoms with van der Waals surface area (Å²) in [7, 11) is 0. The summed E-state index contributed by atoms with van der Waals surface area (Å²) in [6.45, 7) is 2.34. The van der Waals surface area contributed by atoms with E-state index in [2.05, 4.69) is 10.6 Å². The van der Waals surface area contributed by atoms with Gasteiger partial charge in [-0.3, -0.25) is 9.59 Å². The smallest absolute Gasteiger partial charge is 0.234 e. The Balaban J connectivity index is 1.87. The SMILES string of the molecule is Cc1ccccc1CC(=O)Nc1ccc(CNC(=O)CC#N)cc1. The molecule has 0 aromatic heterocycles. The molecule has 0 bridgehead atoms. The normalized spacial score (nSPS) is 9.83. The van der Waals surface area contributed by atoms with Crippen LogP contribution in [0.1, 0.15) is 23.1 Å². The van der Waals surface area contributed by atoms with E-state index in [9.17, 15) is 9.59 Å². The van der Waals surface area contributed by atoms with Gasteiger partial charge >= 0.3 is 0 Å². The molecule has 0 saturated heterocycles. The highest BCUT2D eigenvalue weighted by Crippen LogP contribution is 2.12. The van der Waals surface area contributed by atoms with Gasteiger partial charge in [0.2, 0.25) is 11.8 Å². The Labute approximate surface area is 141 Å². The van der Waals surface area contributed by atoms with E-state index in [1.807, 2.05) is 43.3 Å². The second kappa shape index (κ2) is 8.49. The molecule has 0 aliphatic carbocycles. The molecule has 0 saturated carbocycles. The fraction of sp³-hybridized carbons (Fsp3) is 0.211. The minimum atomic E-state index is -0.298. The van der Waals surface area contributed by atoms with Gasteiger partial charge in [0.15, 0.2) is 0 Å². The first-order chi connectivity index (χ1) is 11.6. The largest absolute Gasteiger partial charge is 0.351 e. The van der Waals surface area contributed by atoms with Crippen LogP contribution in [0.2, 0.25) is 0 Å². The lowest BCUT2D eigenvalue weighted by atomic mass is 10.1. The van der Waals surface area contributed by atoms with Crippen molar-refractivity contribution in [1.29, 1.82) is 5.26 Å². The molecule has 0 aliphatic rings. The molecule has 5 heteroatoms. The molecule has 2 aromatic carbocycles. The molecule has 2 N–H and O–H groups in total. The van der Waals surface area contributed by atoms with Gasteiger partial charge in [-0.25, -0.2) is 0 Å². The zero-order chi connectivity index (χ0) is 17.4. The number of carbonyl (C=O) groups is 2. The maximum absolute atomic E-state index is 12.1. The zero-order valence-electron chi connectivity index (χ0n) is 13.5. The molecule has 2 rings (SSSR count). The van der Waals surface area contributed by atoms with Crippen molar-refractivity contribution in [2.24, 2.45) is 0 Å². The first kappa shape index (κ1) is 17.2. The third-order valence-corrected chi connectivity index (χ3v) is 3.58. The van der Waals surface area contributed by atoms with Gasteiger partial charge in [-0.15, -0.1) is 0 Å². The standard InChI is InChI=1S/C19H19N3O2/c1-14-4-2-3-5-16(14)12-19(24)22-17-8-6-15(7-9-17)13-21-18(23)10-11-20/h2-9H,10,12-13H2,1H3,(H,21,23)(H,22,24). The number of nitrogens with zero attached hydrogens (tertiary/aromatic N) is 1. The molecule has 0 unspecified atom stereocenters. The van der Waals surface area contributed by atoms with Crippen LogP contribution >= 0.6 is 0 Å². The number of benzene rings is 2. The van der Waals surface area contributed by atoms with Gasteiger partial charge in [0, 0.05) is 12.2 Å². The molecule has 24 heavy (non-hydrogen) atoms. The molecule has 0 spiro atoms. The van der Waals surface area contributed by atoms with E-state index >= 15 is 0 Å². The maximum atomic E-state index is 12.1. The molecule has 0 radical (unpaired) electrons. The number of carbonyl (C=O) groups excluding carboxylic acids is 2. The number of hydrogen-bond acceptors (Lipinski definition) is 3. The Kier molecular flexibility index (Phi) is 6.09. The summed E-state index contributed by atoms with van der Waals surface area (Å²) in [4.78, 5) is 23.3. The zero-order valence-corrected chi connectivity index (χ0v) is 13.5. The van der Waals surface area contributed by atoms with E-state index in [0.29, 0.717) is 18.7 Å². The lowest BCUT2D eigenvalue weighted by Crippen LogP contribution is -2.21. The summed E-state index contributed by atoms with van der Waals surface area (Å²) in [5.41, 5.74) is 3.71. The third-order valence-electron chi connectivity index (χ3n) is 3.58. The van der Waals surface area contributed by atoms with Crippen LogP contribution in [0, 0.1) is 18.3 Å². The van der Waals surface area contributed by atoms with E-state index in [-0.39, 0.29) is 18.2 Å². The molecule has 0 heterocycles. The quantitative estimate of drug-likeness (QED) is 0.858. The average Bonchev–Trinajstić information content (AvgIpc) is 2.57. The average molecular weight is 321 g/mol. The Morgan fingerprint density at radius 1 is 1.04 bits per heavy atom. The lowest BCUT2D eigenvalue weighted by Gasteiger charge is -2.08.